The monoisotopic (exact) mass is 446 g/mol. The normalized spacial score (nSPS) is 11.4. The molecule has 32 heavy (non-hydrogen) atoms. The third kappa shape index (κ3) is 15.0. The molecule has 0 saturated carbocycles. The molecule has 1 aromatic rings. The van der Waals surface area contributed by atoms with E-state index in [9.17, 15) is 9.59 Å². The van der Waals surface area contributed by atoms with Gasteiger partial charge in [0.1, 0.15) is 0 Å². The number of esters is 2. The Balaban J connectivity index is 2.26. The van der Waals surface area contributed by atoms with Gasteiger partial charge in [-0.15, -0.1) is 0 Å². The highest BCUT2D eigenvalue weighted by atomic mass is 16.6. The second-order valence-electron chi connectivity index (χ2n) is 10.1. The molecule has 1 aromatic carbocycles. The van der Waals surface area contributed by atoms with Crippen LogP contribution in [-0.4, -0.2) is 11.9 Å². The van der Waals surface area contributed by atoms with Gasteiger partial charge in [0.15, 0.2) is 11.5 Å². The lowest BCUT2D eigenvalue weighted by Crippen LogP contribution is -2.12. The predicted octanol–water partition coefficient (Wildman–Crippen LogP) is 8.41. The number of carbonyl (C=O) groups excluding carboxylic acids is 2. The Bertz CT molecular complexity index is 645. The van der Waals surface area contributed by atoms with Crippen molar-refractivity contribution in [2.45, 2.75) is 124 Å². The maximum atomic E-state index is 12.2. The topological polar surface area (TPSA) is 52.6 Å². The van der Waals surface area contributed by atoms with E-state index in [1.54, 1.807) is 24.3 Å². The molecule has 1 rings (SSSR count). The van der Waals surface area contributed by atoms with Gasteiger partial charge >= 0.3 is 11.9 Å². The van der Waals surface area contributed by atoms with Crippen LogP contribution in [0.4, 0.5) is 0 Å². The first-order valence-corrected chi connectivity index (χ1v) is 12.8. The van der Waals surface area contributed by atoms with E-state index in [0.717, 1.165) is 32.1 Å². The summed E-state index contributed by atoms with van der Waals surface area (Å²) >= 11 is 0. The number of hydrogen-bond acceptors (Lipinski definition) is 4. The van der Waals surface area contributed by atoms with Gasteiger partial charge in [0.2, 0.25) is 0 Å². The quantitative estimate of drug-likeness (QED) is 0.137. The highest BCUT2D eigenvalue weighted by Crippen LogP contribution is 2.28. The fourth-order valence-corrected chi connectivity index (χ4v) is 3.65. The number of ether oxygens (including phenoxy) is 2. The molecule has 0 radical (unpaired) electrons. The van der Waals surface area contributed by atoms with Crippen LogP contribution in [0.15, 0.2) is 24.3 Å². The van der Waals surface area contributed by atoms with Crippen molar-refractivity contribution >= 4 is 11.9 Å². The van der Waals surface area contributed by atoms with Gasteiger partial charge in [-0.1, -0.05) is 104 Å². The van der Waals surface area contributed by atoms with E-state index in [1.807, 2.05) is 0 Å². The summed E-state index contributed by atoms with van der Waals surface area (Å²) in [6.07, 6.45) is 15.6. The maximum absolute atomic E-state index is 12.2. The van der Waals surface area contributed by atoms with Gasteiger partial charge < -0.3 is 9.47 Å². The molecule has 0 bridgehead atoms. The second kappa shape index (κ2) is 16.7. The van der Waals surface area contributed by atoms with Crippen LogP contribution in [0.3, 0.4) is 0 Å². The van der Waals surface area contributed by atoms with E-state index in [4.69, 9.17) is 9.47 Å². The van der Waals surface area contributed by atoms with Gasteiger partial charge in [-0.3, -0.25) is 9.59 Å². The molecular weight excluding hydrogens is 400 g/mol. The first-order valence-electron chi connectivity index (χ1n) is 12.8. The van der Waals surface area contributed by atoms with Crippen LogP contribution in [0.2, 0.25) is 0 Å². The van der Waals surface area contributed by atoms with E-state index < -0.39 is 0 Å². The third-order valence-electron chi connectivity index (χ3n) is 5.59. The summed E-state index contributed by atoms with van der Waals surface area (Å²) in [6.45, 7) is 8.99. The van der Waals surface area contributed by atoms with E-state index in [0.29, 0.717) is 29.8 Å². The van der Waals surface area contributed by atoms with Crippen molar-refractivity contribution in [1.29, 1.82) is 0 Å². The third-order valence-corrected chi connectivity index (χ3v) is 5.59. The van der Waals surface area contributed by atoms with E-state index in [2.05, 4.69) is 27.7 Å². The molecule has 0 aliphatic rings. The predicted molar refractivity (Wildman–Crippen MR) is 132 cm³/mol. The smallest absolute Gasteiger partial charge is 0.311 e. The van der Waals surface area contributed by atoms with Gasteiger partial charge in [-0.25, -0.2) is 0 Å². The molecule has 0 aliphatic heterocycles. The number of hydrogen-bond donors (Lipinski definition) is 0. The Morgan fingerprint density at radius 1 is 0.656 bits per heavy atom. The lowest BCUT2D eigenvalue weighted by atomic mass is 9.89. The van der Waals surface area contributed by atoms with Crippen molar-refractivity contribution in [3.05, 3.63) is 24.3 Å². The fourth-order valence-electron chi connectivity index (χ4n) is 3.65. The Morgan fingerprint density at radius 2 is 1.06 bits per heavy atom. The van der Waals surface area contributed by atoms with E-state index >= 15 is 0 Å². The summed E-state index contributed by atoms with van der Waals surface area (Å²) in [7, 11) is 0. The maximum Gasteiger partial charge on any atom is 0.311 e. The van der Waals surface area contributed by atoms with Crippen molar-refractivity contribution < 1.29 is 19.1 Å². The first kappa shape index (κ1) is 28.2. The summed E-state index contributed by atoms with van der Waals surface area (Å²) in [5.41, 5.74) is 0.369. The minimum Gasteiger partial charge on any atom is -0.423 e. The number of carbonyl (C=O) groups is 2. The number of rotatable bonds is 17. The molecule has 0 unspecified atom stereocenters. The van der Waals surface area contributed by atoms with Crippen LogP contribution in [0.25, 0.3) is 0 Å². The second-order valence-corrected chi connectivity index (χ2v) is 10.1. The zero-order valence-corrected chi connectivity index (χ0v) is 21.0. The molecule has 0 saturated heterocycles. The van der Waals surface area contributed by atoms with Crippen LogP contribution >= 0.6 is 0 Å². The van der Waals surface area contributed by atoms with Crippen molar-refractivity contribution in [3.63, 3.8) is 0 Å². The number of unbranched alkanes of at least 4 members (excludes halogenated alkanes) is 10. The van der Waals surface area contributed by atoms with Crippen molar-refractivity contribution in [3.8, 4) is 11.5 Å². The molecule has 0 aliphatic carbocycles. The molecule has 0 amide bonds. The Morgan fingerprint density at radius 3 is 1.50 bits per heavy atom. The number of benzene rings is 1. The molecule has 4 heteroatoms. The van der Waals surface area contributed by atoms with Crippen molar-refractivity contribution in [1.82, 2.24) is 0 Å². The highest BCUT2D eigenvalue weighted by molar-refractivity contribution is 5.76. The molecule has 4 nitrogen and oxygen atoms in total. The molecule has 0 fully saturated rings. The highest BCUT2D eigenvalue weighted by Gasteiger charge is 2.13. The first-order chi connectivity index (χ1) is 15.3. The van der Waals surface area contributed by atoms with Crippen LogP contribution < -0.4 is 9.47 Å². The Labute approximate surface area is 196 Å². The van der Waals surface area contributed by atoms with E-state index in [-0.39, 0.29) is 11.9 Å². The molecule has 0 heterocycles. The van der Waals surface area contributed by atoms with Gasteiger partial charge in [0.05, 0.1) is 0 Å². The number of para-hydroxylation sites is 2. The van der Waals surface area contributed by atoms with Gasteiger partial charge in [-0.05, 0) is 36.8 Å². The summed E-state index contributed by atoms with van der Waals surface area (Å²) in [6, 6.07) is 6.93. The van der Waals surface area contributed by atoms with Crippen LogP contribution in [0.5, 0.6) is 11.5 Å². The minimum absolute atomic E-state index is 0.265. The van der Waals surface area contributed by atoms with Gasteiger partial charge in [0.25, 0.3) is 0 Å². The molecule has 0 aromatic heterocycles. The largest absolute Gasteiger partial charge is 0.423 e. The molecule has 0 N–H and O–H groups in total. The van der Waals surface area contributed by atoms with Crippen molar-refractivity contribution in [2.24, 2.45) is 5.41 Å². The summed E-state index contributed by atoms with van der Waals surface area (Å²) in [5, 5.41) is 0. The van der Waals surface area contributed by atoms with Crippen LogP contribution in [0.1, 0.15) is 124 Å². The zero-order valence-electron chi connectivity index (χ0n) is 21.0. The van der Waals surface area contributed by atoms with Crippen LogP contribution in [-0.2, 0) is 9.59 Å². The lowest BCUT2D eigenvalue weighted by Gasteiger charge is -2.17. The SMILES string of the molecule is CCCCCCCCCCC(=O)Oc1ccccc1OC(=O)CCCCCCC(C)(C)C. The van der Waals surface area contributed by atoms with Crippen molar-refractivity contribution in [2.75, 3.05) is 0 Å². The summed E-state index contributed by atoms with van der Waals surface area (Å²) < 4.78 is 11.0. The lowest BCUT2D eigenvalue weighted by molar-refractivity contribution is -0.137. The Kier molecular flexibility index (Phi) is 14.8. The summed E-state index contributed by atoms with van der Waals surface area (Å²) in [5.74, 6) is 0.121. The molecular formula is C28H46O4. The fraction of sp³-hybridized carbons (Fsp3) is 0.714. The zero-order chi connectivity index (χ0) is 23.7. The average molecular weight is 447 g/mol. The van der Waals surface area contributed by atoms with E-state index in [1.165, 1.54) is 51.4 Å². The molecule has 0 spiro atoms. The average Bonchev–Trinajstić information content (AvgIpc) is 2.73. The van der Waals surface area contributed by atoms with Gasteiger partial charge in [0, 0.05) is 12.8 Å². The Hall–Kier alpha value is -1.84. The molecule has 182 valence electrons. The minimum atomic E-state index is -0.271. The van der Waals surface area contributed by atoms with Gasteiger partial charge in [-0.2, -0.15) is 0 Å². The summed E-state index contributed by atoms with van der Waals surface area (Å²) in [4.78, 5) is 24.4. The van der Waals surface area contributed by atoms with Crippen LogP contribution in [0, 0.1) is 5.41 Å². The molecule has 0 atom stereocenters. The standard InChI is InChI=1S/C28H46O4/c1-5-6-7-8-9-10-11-14-21-26(29)31-24-19-16-17-20-25(24)32-27(30)22-15-12-13-18-23-28(2,3)4/h16-17,19-20H,5-15,18,21-23H2,1-4H3.